The van der Waals surface area contributed by atoms with Crippen molar-refractivity contribution in [3.63, 3.8) is 0 Å². The van der Waals surface area contributed by atoms with Crippen LogP contribution in [0.5, 0.6) is 0 Å². The topological polar surface area (TPSA) is 28.9 Å². The standard InChI is InChI=1S/C48H29NO/c1-2-15-33-29(11-1)12-10-21-34(33)30-13-9-14-31(27-30)45-36-17-3-5-19-38(36)46(39-20-6-4-18-37(39)45)32-23-26-44-42(28-32)41-25-24-40-35-16-7-8-22-43(35)49-47(40)48(41)50-44/h1-28,49H. The second kappa shape index (κ2) is 10.4. The predicted molar refractivity (Wildman–Crippen MR) is 212 cm³/mol. The molecule has 0 saturated carbocycles. The number of H-pyrrole nitrogens is 1. The minimum absolute atomic E-state index is 0.894. The van der Waals surface area contributed by atoms with Gasteiger partial charge in [-0.25, -0.2) is 0 Å². The Bertz CT molecular complexity index is 3100. The van der Waals surface area contributed by atoms with E-state index in [0.29, 0.717) is 0 Å². The molecule has 2 heteroatoms. The van der Waals surface area contributed by atoms with Crippen molar-refractivity contribution in [1.82, 2.24) is 4.98 Å². The Morgan fingerprint density at radius 1 is 0.360 bits per heavy atom. The third-order valence-electron chi connectivity index (χ3n) is 10.6. The highest BCUT2D eigenvalue weighted by Gasteiger charge is 2.19. The summed E-state index contributed by atoms with van der Waals surface area (Å²) in [6, 6.07) is 61.7. The summed E-state index contributed by atoms with van der Waals surface area (Å²) in [4.78, 5) is 3.63. The monoisotopic (exact) mass is 635 g/mol. The van der Waals surface area contributed by atoms with Crippen LogP contribution in [0.3, 0.4) is 0 Å². The van der Waals surface area contributed by atoms with Gasteiger partial charge < -0.3 is 9.40 Å². The van der Waals surface area contributed by atoms with E-state index in [1.807, 2.05) is 0 Å². The number of hydrogen-bond acceptors (Lipinski definition) is 1. The van der Waals surface area contributed by atoms with Gasteiger partial charge in [0.25, 0.3) is 0 Å². The van der Waals surface area contributed by atoms with E-state index in [1.54, 1.807) is 0 Å². The zero-order valence-electron chi connectivity index (χ0n) is 27.1. The molecule has 2 aromatic heterocycles. The second-order valence-electron chi connectivity index (χ2n) is 13.3. The molecule has 0 aliphatic carbocycles. The number of furan rings is 1. The van der Waals surface area contributed by atoms with Crippen molar-refractivity contribution >= 4 is 76.1 Å². The van der Waals surface area contributed by atoms with Gasteiger partial charge in [-0.3, -0.25) is 0 Å². The number of aromatic nitrogens is 1. The number of rotatable bonds is 3. The average Bonchev–Trinajstić information content (AvgIpc) is 3.75. The first-order chi connectivity index (χ1) is 24.8. The molecule has 0 amide bonds. The van der Waals surface area contributed by atoms with Crippen LogP contribution in [0, 0.1) is 0 Å². The molecule has 0 radical (unpaired) electrons. The van der Waals surface area contributed by atoms with Crippen molar-refractivity contribution < 1.29 is 4.42 Å². The number of aromatic amines is 1. The molecule has 9 aromatic carbocycles. The molecule has 50 heavy (non-hydrogen) atoms. The smallest absolute Gasteiger partial charge is 0.159 e. The fraction of sp³-hybridized carbons (Fsp3) is 0. The molecule has 2 heterocycles. The Morgan fingerprint density at radius 2 is 0.940 bits per heavy atom. The maximum absolute atomic E-state index is 6.58. The molecule has 11 rings (SSSR count). The molecule has 2 nitrogen and oxygen atoms in total. The van der Waals surface area contributed by atoms with Gasteiger partial charge in [0.1, 0.15) is 5.58 Å². The van der Waals surface area contributed by atoms with Crippen LogP contribution in [-0.4, -0.2) is 4.98 Å². The van der Waals surface area contributed by atoms with E-state index in [2.05, 4.69) is 175 Å². The van der Waals surface area contributed by atoms with Crippen LogP contribution in [0.4, 0.5) is 0 Å². The molecule has 0 unspecified atom stereocenters. The van der Waals surface area contributed by atoms with E-state index in [1.165, 1.54) is 76.5 Å². The number of para-hydroxylation sites is 1. The normalized spacial score (nSPS) is 12.0. The lowest BCUT2D eigenvalue weighted by Crippen LogP contribution is -1.91. The van der Waals surface area contributed by atoms with Crippen LogP contribution in [-0.2, 0) is 0 Å². The van der Waals surface area contributed by atoms with E-state index in [-0.39, 0.29) is 0 Å². The maximum atomic E-state index is 6.58. The fourth-order valence-corrected chi connectivity index (χ4v) is 8.38. The Labute approximate surface area is 287 Å². The lowest BCUT2D eigenvalue weighted by molar-refractivity contribution is 0.672. The van der Waals surface area contributed by atoms with Gasteiger partial charge >= 0.3 is 0 Å². The molecular weight excluding hydrogens is 607 g/mol. The van der Waals surface area contributed by atoms with E-state index in [9.17, 15) is 0 Å². The van der Waals surface area contributed by atoms with Crippen molar-refractivity contribution in [2.75, 3.05) is 0 Å². The van der Waals surface area contributed by atoms with Gasteiger partial charge in [0.2, 0.25) is 0 Å². The first-order valence-electron chi connectivity index (χ1n) is 17.2. The summed E-state index contributed by atoms with van der Waals surface area (Å²) in [5.74, 6) is 0. The molecule has 0 bridgehead atoms. The van der Waals surface area contributed by atoms with Crippen molar-refractivity contribution in [2.45, 2.75) is 0 Å². The molecular formula is C48H29NO. The van der Waals surface area contributed by atoms with Gasteiger partial charge in [-0.2, -0.15) is 0 Å². The molecule has 11 aromatic rings. The van der Waals surface area contributed by atoms with Gasteiger partial charge in [-0.15, -0.1) is 0 Å². The molecule has 0 spiro atoms. The third kappa shape index (κ3) is 3.90. The SMILES string of the molecule is c1cc(-c2cccc3ccccc23)cc(-c2c3ccccc3c(-c3ccc4oc5c(ccc6c7ccccc7[nH]c65)c4c3)c3ccccc23)c1. The zero-order chi connectivity index (χ0) is 32.8. The van der Waals surface area contributed by atoms with Crippen LogP contribution in [0.1, 0.15) is 0 Å². The molecule has 232 valence electrons. The summed E-state index contributed by atoms with van der Waals surface area (Å²) in [5.41, 5.74) is 11.3. The molecule has 0 atom stereocenters. The minimum Gasteiger partial charge on any atom is -0.454 e. The van der Waals surface area contributed by atoms with E-state index >= 15 is 0 Å². The number of fused-ring (bicyclic) bond motifs is 10. The van der Waals surface area contributed by atoms with Crippen LogP contribution in [0.2, 0.25) is 0 Å². The number of hydrogen-bond donors (Lipinski definition) is 1. The zero-order valence-corrected chi connectivity index (χ0v) is 27.1. The highest BCUT2D eigenvalue weighted by atomic mass is 16.3. The van der Waals surface area contributed by atoms with E-state index in [0.717, 1.165) is 33.0 Å². The largest absolute Gasteiger partial charge is 0.454 e. The van der Waals surface area contributed by atoms with E-state index in [4.69, 9.17) is 4.42 Å². The Morgan fingerprint density at radius 3 is 1.70 bits per heavy atom. The van der Waals surface area contributed by atoms with Crippen LogP contribution >= 0.6 is 0 Å². The summed E-state index contributed by atoms with van der Waals surface area (Å²) in [7, 11) is 0. The van der Waals surface area contributed by atoms with Crippen molar-refractivity contribution in [3.8, 4) is 33.4 Å². The lowest BCUT2D eigenvalue weighted by atomic mass is 9.85. The maximum Gasteiger partial charge on any atom is 0.159 e. The quantitative estimate of drug-likeness (QED) is 0.192. The third-order valence-corrected chi connectivity index (χ3v) is 10.6. The number of benzene rings is 9. The highest BCUT2D eigenvalue weighted by molar-refractivity contribution is 6.24. The van der Waals surface area contributed by atoms with Gasteiger partial charge in [-0.05, 0) is 96.0 Å². The summed E-state index contributed by atoms with van der Waals surface area (Å²) in [6.07, 6.45) is 0. The van der Waals surface area contributed by atoms with Gasteiger partial charge in [0.15, 0.2) is 5.58 Å². The predicted octanol–water partition coefficient (Wildman–Crippen LogP) is 13.7. The fourth-order valence-electron chi connectivity index (χ4n) is 8.38. The van der Waals surface area contributed by atoms with Crippen molar-refractivity contribution in [3.05, 3.63) is 170 Å². The van der Waals surface area contributed by atoms with Gasteiger partial charge in [-0.1, -0.05) is 140 Å². The van der Waals surface area contributed by atoms with Crippen LogP contribution in [0.25, 0.3) is 109 Å². The van der Waals surface area contributed by atoms with Crippen molar-refractivity contribution in [1.29, 1.82) is 0 Å². The Balaban J connectivity index is 1.15. The molecule has 0 aliphatic rings. The Kier molecular flexibility index (Phi) is 5.70. The first kappa shape index (κ1) is 27.3. The second-order valence-corrected chi connectivity index (χ2v) is 13.3. The summed E-state index contributed by atoms with van der Waals surface area (Å²) in [5, 5.41) is 12.1. The average molecular weight is 636 g/mol. The summed E-state index contributed by atoms with van der Waals surface area (Å²) in [6.45, 7) is 0. The van der Waals surface area contributed by atoms with Crippen molar-refractivity contribution in [2.24, 2.45) is 0 Å². The molecule has 1 N–H and O–H groups in total. The molecule has 0 aliphatic heterocycles. The van der Waals surface area contributed by atoms with Crippen LogP contribution < -0.4 is 0 Å². The Hall–Kier alpha value is -6.64. The van der Waals surface area contributed by atoms with Gasteiger partial charge in [0, 0.05) is 27.1 Å². The molecule has 0 fully saturated rings. The lowest BCUT2D eigenvalue weighted by Gasteiger charge is -2.18. The minimum atomic E-state index is 0.894. The first-order valence-corrected chi connectivity index (χ1v) is 17.2. The molecule has 0 saturated heterocycles. The van der Waals surface area contributed by atoms with E-state index < -0.39 is 0 Å². The van der Waals surface area contributed by atoms with Crippen LogP contribution in [0.15, 0.2) is 174 Å². The summed E-state index contributed by atoms with van der Waals surface area (Å²) < 4.78 is 6.58. The van der Waals surface area contributed by atoms with Gasteiger partial charge in [0.05, 0.1) is 5.52 Å². The highest BCUT2D eigenvalue weighted by Crippen LogP contribution is 2.46. The summed E-state index contributed by atoms with van der Waals surface area (Å²) >= 11 is 0. The number of nitrogens with one attached hydrogen (secondary N) is 1.